The van der Waals surface area contributed by atoms with Gasteiger partial charge in [-0.2, -0.15) is 5.10 Å². The van der Waals surface area contributed by atoms with Crippen LogP contribution in [0.25, 0.3) is 9.88 Å². The Morgan fingerprint density at radius 3 is 2.65 bits per heavy atom. The van der Waals surface area contributed by atoms with Crippen molar-refractivity contribution >= 4 is 45.9 Å². The Labute approximate surface area is 186 Å². The molecule has 0 bridgehead atoms. The number of amides is 2. The summed E-state index contributed by atoms with van der Waals surface area (Å²) in [7, 11) is 1.58. The van der Waals surface area contributed by atoms with E-state index in [2.05, 4.69) is 20.7 Å². The molecule has 0 aliphatic heterocycles. The molecule has 0 aliphatic rings. The van der Waals surface area contributed by atoms with Crippen molar-refractivity contribution in [3.63, 3.8) is 0 Å². The minimum absolute atomic E-state index is 0.0179. The number of aryl methyl sites for hydroxylation is 1. The van der Waals surface area contributed by atoms with E-state index in [9.17, 15) is 9.59 Å². The lowest BCUT2D eigenvalue weighted by atomic mass is 10.3. The Kier molecular flexibility index (Phi) is 6.10. The zero-order valence-corrected chi connectivity index (χ0v) is 18.4. The molecule has 4 aromatic rings. The summed E-state index contributed by atoms with van der Waals surface area (Å²) in [6.07, 6.45) is 3.12. The minimum Gasteiger partial charge on any atom is -0.497 e. The van der Waals surface area contributed by atoms with Crippen LogP contribution in [0.1, 0.15) is 15.4 Å². The van der Waals surface area contributed by atoms with Gasteiger partial charge < -0.3 is 15.4 Å². The first kappa shape index (κ1) is 20.8. The van der Waals surface area contributed by atoms with Crippen molar-refractivity contribution in [2.75, 3.05) is 17.7 Å². The predicted octanol–water partition coefficient (Wildman–Crippen LogP) is 4.28. The van der Waals surface area contributed by atoms with Crippen molar-refractivity contribution < 1.29 is 14.3 Å². The monoisotopic (exact) mass is 453 g/mol. The number of hydrogen-bond donors (Lipinski definition) is 2. The quantitative estimate of drug-likeness (QED) is 0.435. The van der Waals surface area contributed by atoms with Gasteiger partial charge in [-0.3, -0.25) is 14.3 Å². The molecule has 1 aromatic carbocycles. The van der Waals surface area contributed by atoms with Crippen LogP contribution in [-0.4, -0.2) is 33.7 Å². The molecular weight excluding hydrogens is 434 g/mol. The fraction of sp³-hybridized carbons (Fsp3) is 0.143. The number of rotatable bonds is 7. The first-order valence-electron chi connectivity index (χ1n) is 9.31. The van der Waals surface area contributed by atoms with Crippen LogP contribution in [-0.2, 0) is 11.3 Å². The van der Waals surface area contributed by atoms with Gasteiger partial charge >= 0.3 is 0 Å². The highest BCUT2D eigenvalue weighted by Crippen LogP contribution is 2.31. The summed E-state index contributed by atoms with van der Waals surface area (Å²) in [4.78, 5) is 31.0. The van der Waals surface area contributed by atoms with Gasteiger partial charge in [0.15, 0.2) is 0 Å². The van der Waals surface area contributed by atoms with Crippen LogP contribution < -0.4 is 15.4 Å². The molecule has 2 amide bonds. The molecule has 0 spiro atoms. The van der Waals surface area contributed by atoms with Gasteiger partial charge in [0.25, 0.3) is 5.91 Å². The lowest BCUT2D eigenvalue weighted by Gasteiger charge is -2.06. The van der Waals surface area contributed by atoms with Crippen molar-refractivity contribution in [3.05, 3.63) is 64.7 Å². The minimum atomic E-state index is -0.250. The molecule has 0 atom stereocenters. The number of carbonyl (C=O) groups excluding carboxylic acids is 2. The van der Waals surface area contributed by atoms with Crippen molar-refractivity contribution in [1.82, 2.24) is 14.8 Å². The summed E-state index contributed by atoms with van der Waals surface area (Å²) in [6.45, 7) is 1.83. The van der Waals surface area contributed by atoms with Gasteiger partial charge in [0.05, 0.1) is 29.6 Å². The Bertz CT molecular complexity index is 1200. The van der Waals surface area contributed by atoms with Gasteiger partial charge in [0, 0.05) is 11.9 Å². The number of aromatic nitrogens is 3. The Morgan fingerprint density at radius 1 is 1.13 bits per heavy atom. The fourth-order valence-corrected chi connectivity index (χ4v) is 4.60. The van der Waals surface area contributed by atoms with E-state index < -0.39 is 0 Å². The average Bonchev–Trinajstić information content (AvgIpc) is 3.50. The van der Waals surface area contributed by atoms with Crippen molar-refractivity contribution in [3.8, 4) is 15.6 Å². The number of nitrogens with one attached hydrogen (secondary N) is 2. The SMILES string of the molecule is COc1ccc(NC(=O)Cn2cc(NC(=O)c3sc(-c4cccs4)nc3C)cn2)cc1. The summed E-state index contributed by atoms with van der Waals surface area (Å²) in [6, 6.07) is 11.0. The zero-order chi connectivity index (χ0) is 21.8. The molecule has 0 unspecified atom stereocenters. The van der Waals surface area contributed by atoms with Crippen LogP contribution >= 0.6 is 22.7 Å². The van der Waals surface area contributed by atoms with E-state index in [0.717, 1.165) is 9.88 Å². The van der Waals surface area contributed by atoms with Crippen molar-refractivity contribution in [2.24, 2.45) is 0 Å². The Hall–Kier alpha value is -3.50. The first-order chi connectivity index (χ1) is 15.0. The molecule has 3 aromatic heterocycles. The number of anilines is 2. The second kappa shape index (κ2) is 9.11. The van der Waals surface area contributed by atoms with Gasteiger partial charge in [0.2, 0.25) is 5.91 Å². The third kappa shape index (κ3) is 4.98. The van der Waals surface area contributed by atoms with Crippen LogP contribution in [0.2, 0.25) is 0 Å². The van der Waals surface area contributed by atoms with Crippen LogP contribution in [0.4, 0.5) is 11.4 Å². The maximum atomic E-state index is 12.7. The smallest absolute Gasteiger partial charge is 0.267 e. The van der Waals surface area contributed by atoms with Crippen LogP contribution in [0.5, 0.6) is 5.75 Å². The molecule has 0 aliphatic carbocycles. The normalized spacial score (nSPS) is 10.6. The second-order valence-corrected chi connectivity index (χ2v) is 8.52. The molecule has 2 N–H and O–H groups in total. The van der Waals surface area contributed by atoms with E-state index in [1.165, 1.54) is 22.2 Å². The van der Waals surface area contributed by atoms with Crippen molar-refractivity contribution in [2.45, 2.75) is 13.5 Å². The molecule has 31 heavy (non-hydrogen) atoms. The summed E-state index contributed by atoms with van der Waals surface area (Å²) in [5.41, 5.74) is 1.85. The van der Waals surface area contributed by atoms with E-state index in [1.54, 1.807) is 48.9 Å². The lowest BCUT2D eigenvalue weighted by molar-refractivity contribution is -0.116. The third-order valence-corrected chi connectivity index (χ3v) is 6.50. The highest BCUT2D eigenvalue weighted by Gasteiger charge is 2.17. The third-order valence-electron chi connectivity index (χ3n) is 4.31. The predicted molar refractivity (Wildman–Crippen MR) is 122 cm³/mol. The second-order valence-electron chi connectivity index (χ2n) is 6.57. The molecule has 3 heterocycles. The van der Waals surface area contributed by atoms with Crippen LogP contribution in [0.3, 0.4) is 0 Å². The standard InChI is InChI=1S/C21H19N5O3S2/c1-13-19(31-21(23-13)17-4-3-9-30-17)20(28)25-15-10-22-26(11-15)12-18(27)24-14-5-7-16(29-2)8-6-14/h3-11H,12H2,1-2H3,(H,24,27)(H,25,28). The number of ether oxygens (including phenoxy) is 1. The summed E-state index contributed by atoms with van der Waals surface area (Å²) >= 11 is 2.94. The van der Waals surface area contributed by atoms with Gasteiger partial charge in [-0.05, 0) is 42.6 Å². The summed E-state index contributed by atoms with van der Waals surface area (Å²) in [5, 5.41) is 12.6. The van der Waals surface area contributed by atoms with Gasteiger partial charge in [-0.25, -0.2) is 4.98 Å². The molecule has 8 nitrogen and oxygen atoms in total. The number of thiophene rings is 1. The molecule has 158 valence electrons. The molecule has 0 radical (unpaired) electrons. The zero-order valence-electron chi connectivity index (χ0n) is 16.8. The number of hydrogen-bond acceptors (Lipinski definition) is 7. The molecule has 0 fully saturated rings. The first-order valence-corrected chi connectivity index (χ1v) is 11.0. The number of methoxy groups -OCH3 is 1. The Morgan fingerprint density at radius 2 is 1.94 bits per heavy atom. The average molecular weight is 454 g/mol. The molecule has 10 heteroatoms. The Balaban J connectivity index is 1.36. The topological polar surface area (TPSA) is 98.1 Å². The van der Waals surface area contributed by atoms with E-state index in [4.69, 9.17) is 4.74 Å². The molecule has 0 saturated carbocycles. The highest BCUT2D eigenvalue weighted by molar-refractivity contribution is 7.22. The maximum Gasteiger partial charge on any atom is 0.267 e. The largest absolute Gasteiger partial charge is 0.497 e. The van der Waals surface area contributed by atoms with Gasteiger partial charge in [-0.1, -0.05) is 6.07 Å². The summed E-state index contributed by atoms with van der Waals surface area (Å²) in [5.74, 6) is 0.231. The lowest BCUT2D eigenvalue weighted by Crippen LogP contribution is -2.19. The molecule has 0 saturated heterocycles. The maximum absolute atomic E-state index is 12.7. The number of thiazole rings is 1. The van der Waals surface area contributed by atoms with E-state index in [-0.39, 0.29) is 18.4 Å². The molecule has 4 rings (SSSR count). The van der Waals surface area contributed by atoms with Crippen molar-refractivity contribution in [1.29, 1.82) is 0 Å². The number of benzene rings is 1. The molecular formula is C21H19N5O3S2. The van der Waals surface area contributed by atoms with Crippen LogP contribution in [0.15, 0.2) is 54.2 Å². The van der Waals surface area contributed by atoms with E-state index >= 15 is 0 Å². The van der Waals surface area contributed by atoms with E-state index in [1.807, 2.05) is 24.4 Å². The highest BCUT2D eigenvalue weighted by atomic mass is 32.1. The van der Waals surface area contributed by atoms with E-state index in [0.29, 0.717) is 27.7 Å². The van der Waals surface area contributed by atoms with Gasteiger partial charge in [-0.15, -0.1) is 22.7 Å². The summed E-state index contributed by atoms with van der Waals surface area (Å²) < 4.78 is 6.56. The number of carbonyl (C=O) groups is 2. The van der Waals surface area contributed by atoms with Gasteiger partial charge in [0.1, 0.15) is 22.2 Å². The van der Waals surface area contributed by atoms with Crippen LogP contribution in [0, 0.1) is 6.92 Å². The fourth-order valence-electron chi connectivity index (χ4n) is 2.84. The number of nitrogens with zero attached hydrogens (tertiary/aromatic N) is 3.